The molecule has 9 heteroatoms. The first-order valence-electron chi connectivity index (χ1n) is 9.45. The van der Waals surface area contributed by atoms with E-state index in [0.29, 0.717) is 42.7 Å². The summed E-state index contributed by atoms with van der Waals surface area (Å²) in [5.74, 6) is -0.0773. The number of benzene rings is 1. The predicted molar refractivity (Wildman–Crippen MR) is 103 cm³/mol. The van der Waals surface area contributed by atoms with Gasteiger partial charge in [-0.3, -0.25) is 4.79 Å². The van der Waals surface area contributed by atoms with Crippen molar-refractivity contribution in [3.8, 4) is 0 Å². The van der Waals surface area contributed by atoms with Gasteiger partial charge in [-0.15, -0.1) is 0 Å². The van der Waals surface area contributed by atoms with Gasteiger partial charge in [-0.05, 0) is 55.3 Å². The van der Waals surface area contributed by atoms with Crippen molar-refractivity contribution in [3.05, 3.63) is 65.7 Å². The van der Waals surface area contributed by atoms with Crippen LogP contribution in [0.3, 0.4) is 0 Å². The molecule has 2 aromatic heterocycles. The maximum absolute atomic E-state index is 13.0. The van der Waals surface area contributed by atoms with Crippen LogP contribution in [0.1, 0.15) is 28.9 Å². The first kappa shape index (κ1) is 20.1. The minimum absolute atomic E-state index is 0.0164. The fourth-order valence-electron chi connectivity index (χ4n) is 3.52. The van der Waals surface area contributed by atoms with Crippen molar-refractivity contribution in [2.45, 2.75) is 25.1 Å². The van der Waals surface area contributed by atoms with E-state index in [-0.39, 0.29) is 17.5 Å². The maximum Gasteiger partial charge on any atom is 0.433 e. The highest BCUT2D eigenvalue weighted by Crippen LogP contribution is 2.30. The van der Waals surface area contributed by atoms with Gasteiger partial charge in [0.25, 0.3) is 5.91 Å². The lowest BCUT2D eigenvalue weighted by molar-refractivity contribution is -0.140. The summed E-state index contributed by atoms with van der Waals surface area (Å²) in [5, 5.41) is 3.78. The first-order chi connectivity index (χ1) is 14.3. The van der Waals surface area contributed by atoms with Gasteiger partial charge in [0.05, 0.1) is 5.52 Å². The van der Waals surface area contributed by atoms with Gasteiger partial charge < -0.3 is 10.2 Å². The molecule has 0 saturated carbocycles. The molecule has 30 heavy (non-hydrogen) atoms. The van der Waals surface area contributed by atoms with E-state index in [0.717, 1.165) is 6.07 Å². The SMILES string of the molecule is O=C(c1ccc(F)cc1)N1CCC(Nc2nccc3nc(C(F)(F)F)ccc23)CC1. The Kier molecular flexibility index (Phi) is 5.27. The Morgan fingerprint density at radius 3 is 2.40 bits per heavy atom. The number of halogens is 4. The molecule has 0 unspecified atom stereocenters. The van der Waals surface area contributed by atoms with Crippen molar-refractivity contribution in [1.29, 1.82) is 0 Å². The van der Waals surface area contributed by atoms with Gasteiger partial charge in [-0.1, -0.05) is 0 Å². The Morgan fingerprint density at radius 2 is 1.73 bits per heavy atom. The van der Waals surface area contributed by atoms with Crippen LogP contribution >= 0.6 is 0 Å². The summed E-state index contributed by atoms with van der Waals surface area (Å²) in [6, 6.07) is 9.21. The maximum atomic E-state index is 13.0. The molecule has 1 aliphatic heterocycles. The molecule has 0 atom stereocenters. The van der Waals surface area contributed by atoms with Gasteiger partial charge in [0.15, 0.2) is 0 Å². The molecule has 1 aliphatic rings. The molecule has 1 N–H and O–H groups in total. The summed E-state index contributed by atoms with van der Waals surface area (Å²) in [7, 11) is 0. The molecule has 0 spiro atoms. The molecule has 0 aliphatic carbocycles. The smallest absolute Gasteiger partial charge is 0.367 e. The van der Waals surface area contributed by atoms with Crippen molar-refractivity contribution < 1.29 is 22.4 Å². The van der Waals surface area contributed by atoms with Gasteiger partial charge in [0.1, 0.15) is 17.3 Å². The molecule has 1 aromatic carbocycles. The summed E-state index contributed by atoms with van der Waals surface area (Å²) < 4.78 is 51.7. The number of nitrogens with one attached hydrogen (secondary N) is 1. The second kappa shape index (κ2) is 7.89. The average Bonchev–Trinajstić information content (AvgIpc) is 2.73. The summed E-state index contributed by atoms with van der Waals surface area (Å²) >= 11 is 0. The van der Waals surface area contributed by atoms with E-state index in [1.807, 2.05) is 0 Å². The van der Waals surface area contributed by atoms with Crippen molar-refractivity contribution in [1.82, 2.24) is 14.9 Å². The first-order valence-corrected chi connectivity index (χ1v) is 9.45. The summed E-state index contributed by atoms with van der Waals surface area (Å²) in [6.45, 7) is 1.02. The summed E-state index contributed by atoms with van der Waals surface area (Å²) in [4.78, 5) is 22.2. The summed E-state index contributed by atoms with van der Waals surface area (Å²) in [5.41, 5.74) is -0.295. The highest BCUT2D eigenvalue weighted by Gasteiger charge is 2.32. The standard InChI is InChI=1S/C21H18F4N4O/c22-14-3-1-13(2-4-14)20(30)29-11-8-15(9-12-29)27-19-16-5-6-18(21(23,24)25)28-17(16)7-10-26-19/h1-7,10,15H,8-9,11-12H2,(H,26,27). The number of carbonyl (C=O) groups is 1. The molecule has 5 nitrogen and oxygen atoms in total. The third kappa shape index (κ3) is 4.19. The fraction of sp³-hybridized carbons (Fsp3) is 0.286. The Morgan fingerprint density at radius 1 is 1.03 bits per heavy atom. The third-order valence-corrected chi connectivity index (χ3v) is 5.12. The number of hydrogen-bond donors (Lipinski definition) is 1. The number of rotatable bonds is 3. The minimum Gasteiger partial charge on any atom is -0.367 e. The predicted octanol–water partition coefficient (Wildman–Crippen LogP) is 4.50. The van der Waals surface area contributed by atoms with Crippen LogP contribution in [0, 0.1) is 5.82 Å². The van der Waals surface area contributed by atoms with Crippen LogP contribution in [0.4, 0.5) is 23.4 Å². The molecular weight excluding hydrogens is 400 g/mol. The van der Waals surface area contributed by atoms with Gasteiger partial charge in [0, 0.05) is 36.3 Å². The number of amides is 1. The zero-order valence-electron chi connectivity index (χ0n) is 15.8. The Balaban J connectivity index is 1.43. The normalized spacial score (nSPS) is 15.4. The van der Waals surface area contributed by atoms with Crippen LogP contribution in [-0.2, 0) is 6.18 Å². The largest absolute Gasteiger partial charge is 0.433 e. The van der Waals surface area contributed by atoms with Crippen LogP contribution in [0.2, 0.25) is 0 Å². The van der Waals surface area contributed by atoms with E-state index >= 15 is 0 Å². The Bertz CT molecular complexity index is 1060. The lowest BCUT2D eigenvalue weighted by atomic mass is 10.0. The highest BCUT2D eigenvalue weighted by molar-refractivity contribution is 5.94. The molecule has 1 fully saturated rings. The Hall–Kier alpha value is -3.23. The van der Waals surface area contributed by atoms with Crippen molar-refractivity contribution in [2.75, 3.05) is 18.4 Å². The number of aromatic nitrogens is 2. The van der Waals surface area contributed by atoms with Gasteiger partial charge >= 0.3 is 6.18 Å². The van der Waals surface area contributed by atoms with Crippen molar-refractivity contribution in [3.63, 3.8) is 0 Å². The average molecular weight is 418 g/mol. The monoisotopic (exact) mass is 418 g/mol. The highest BCUT2D eigenvalue weighted by atomic mass is 19.4. The van der Waals surface area contributed by atoms with Crippen LogP contribution < -0.4 is 5.32 Å². The number of alkyl halides is 3. The molecular formula is C21H18F4N4O. The number of nitrogens with zero attached hydrogens (tertiary/aromatic N) is 3. The topological polar surface area (TPSA) is 58.1 Å². The number of anilines is 1. The van der Waals surface area contributed by atoms with Crippen molar-refractivity contribution in [2.24, 2.45) is 0 Å². The Labute approximate surface area is 169 Å². The number of carbonyl (C=O) groups excluding carboxylic acids is 1. The van der Waals surface area contributed by atoms with E-state index in [4.69, 9.17) is 0 Å². The number of hydrogen-bond acceptors (Lipinski definition) is 4. The van der Waals surface area contributed by atoms with Crippen molar-refractivity contribution >= 4 is 22.6 Å². The molecule has 1 amide bonds. The fourth-order valence-corrected chi connectivity index (χ4v) is 3.52. The number of likely N-dealkylation sites (tertiary alicyclic amines) is 1. The lowest BCUT2D eigenvalue weighted by Gasteiger charge is -2.33. The van der Waals surface area contributed by atoms with Crippen LogP contribution in [0.15, 0.2) is 48.7 Å². The van der Waals surface area contributed by atoms with Crippen LogP contribution in [0.25, 0.3) is 10.9 Å². The number of piperidine rings is 1. The minimum atomic E-state index is -4.51. The second-order valence-corrected chi connectivity index (χ2v) is 7.14. The van der Waals surface area contributed by atoms with Crippen LogP contribution in [0.5, 0.6) is 0 Å². The number of pyridine rings is 2. The number of fused-ring (bicyclic) bond motifs is 1. The molecule has 156 valence electrons. The van der Waals surface area contributed by atoms with Crippen LogP contribution in [-0.4, -0.2) is 39.9 Å². The van der Waals surface area contributed by atoms with Gasteiger partial charge in [-0.2, -0.15) is 13.2 Å². The molecule has 4 rings (SSSR count). The zero-order valence-corrected chi connectivity index (χ0v) is 15.8. The van der Waals surface area contributed by atoms with E-state index in [1.165, 1.54) is 42.6 Å². The molecule has 1 saturated heterocycles. The van der Waals surface area contributed by atoms with E-state index < -0.39 is 17.7 Å². The molecule has 0 bridgehead atoms. The zero-order chi connectivity index (χ0) is 21.3. The lowest BCUT2D eigenvalue weighted by Crippen LogP contribution is -2.42. The summed E-state index contributed by atoms with van der Waals surface area (Å²) in [6.07, 6.45) is -1.78. The molecule has 3 aromatic rings. The van der Waals surface area contributed by atoms with E-state index in [9.17, 15) is 22.4 Å². The molecule has 3 heterocycles. The van der Waals surface area contributed by atoms with Gasteiger partial charge in [0.2, 0.25) is 0 Å². The molecule has 0 radical (unpaired) electrons. The second-order valence-electron chi connectivity index (χ2n) is 7.14. The quantitative estimate of drug-likeness (QED) is 0.636. The van der Waals surface area contributed by atoms with E-state index in [2.05, 4.69) is 15.3 Å². The van der Waals surface area contributed by atoms with E-state index in [1.54, 1.807) is 4.90 Å². The van der Waals surface area contributed by atoms with Gasteiger partial charge in [-0.25, -0.2) is 14.4 Å². The third-order valence-electron chi connectivity index (χ3n) is 5.12.